The number of anilines is 3. The average Bonchev–Trinajstić information content (AvgIpc) is 3.76. The first-order valence-corrected chi connectivity index (χ1v) is 15.6. The lowest BCUT2D eigenvalue weighted by Crippen LogP contribution is -2.10. The van der Waals surface area contributed by atoms with Gasteiger partial charge in [-0.1, -0.05) is 78.9 Å². The first-order chi connectivity index (χ1) is 21.8. The van der Waals surface area contributed by atoms with Crippen molar-refractivity contribution in [1.29, 1.82) is 0 Å². The van der Waals surface area contributed by atoms with Gasteiger partial charge in [0.05, 0.1) is 5.69 Å². The fourth-order valence-electron chi connectivity index (χ4n) is 6.85. The molecule has 0 aliphatic carbocycles. The normalized spacial score (nSPS) is 12.1. The summed E-state index contributed by atoms with van der Waals surface area (Å²) in [6.07, 6.45) is 0. The van der Waals surface area contributed by atoms with E-state index in [-0.39, 0.29) is 0 Å². The largest absolute Gasteiger partial charge is 0.456 e. The predicted molar refractivity (Wildman–Crippen MR) is 186 cm³/mol. The minimum Gasteiger partial charge on any atom is -0.456 e. The summed E-state index contributed by atoms with van der Waals surface area (Å²) < 4.78 is 15.0. The molecule has 10 aromatic rings. The fourth-order valence-corrected chi connectivity index (χ4v) is 8.11. The van der Waals surface area contributed by atoms with E-state index in [0.29, 0.717) is 0 Å². The number of fused-ring (bicyclic) bond motifs is 11. The lowest BCUT2D eigenvalue weighted by molar-refractivity contribution is 0.668. The monoisotopic (exact) mass is 581 g/mol. The molecule has 0 atom stereocenters. The van der Waals surface area contributed by atoms with Crippen molar-refractivity contribution in [2.24, 2.45) is 0 Å². The number of para-hydroxylation sites is 2. The van der Waals surface area contributed by atoms with Gasteiger partial charge in [-0.2, -0.15) is 0 Å². The van der Waals surface area contributed by atoms with Crippen molar-refractivity contribution < 1.29 is 8.83 Å². The van der Waals surface area contributed by atoms with E-state index in [4.69, 9.17) is 8.83 Å². The SMILES string of the molecule is c1ccc2c(c1)ccc1c2sc2cccc(N(c3ccc4oc5ccccc5c4c3)c3ccc4oc5ccccc5c4c3)c21. The third kappa shape index (κ3) is 3.37. The minimum absolute atomic E-state index is 0.886. The van der Waals surface area contributed by atoms with Crippen molar-refractivity contribution in [3.63, 3.8) is 0 Å². The molecule has 44 heavy (non-hydrogen) atoms. The molecule has 7 aromatic carbocycles. The third-order valence-corrected chi connectivity index (χ3v) is 10.0. The Morgan fingerprint density at radius 2 is 1.02 bits per heavy atom. The van der Waals surface area contributed by atoms with Crippen LogP contribution in [-0.2, 0) is 0 Å². The van der Waals surface area contributed by atoms with Crippen LogP contribution in [0.3, 0.4) is 0 Å². The van der Waals surface area contributed by atoms with Crippen molar-refractivity contribution in [1.82, 2.24) is 0 Å². The van der Waals surface area contributed by atoms with Crippen molar-refractivity contribution in [3.8, 4) is 0 Å². The summed E-state index contributed by atoms with van der Waals surface area (Å²) in [4.78, 5) is 2.39. The van der Waals surface area contributed by atoms with Crippen molar-refractivity contribution in [2.75, 3.05) is 4.90 Å². The zero-order valence-electron chi connectivity index (χ0n) is 23.5. The van der Waals surface area contributed by atoms with E-state index < -0.39 is 0 Å². The molecule has 0 amide bonds. The molecule has 0 bridgehead atoms. The van der Waals surface area contributed by atoms with E-state index in [1.165, 1.54) is 30.9 Å². The van der Waals surface area contributed by atoms with Crippen molar-refractivity contribution in [2.45, 2.75) is 0 Å². The molecule has 0 aliphatic heterocycles. The second-order valence-electron chi connectivity index (χ2n) is 11.3. The van der Waals surface area contributed by atoms with Gasteiger partial charge < -0.3 is 13.7 Å². The maximum atomic E-state index is 6.22. The van der Waals surface area contributed by atoms with Gasteiger partial charge in [-0.25, -0.2) is 0 Å². The number of hydrogen-bond acceptors (Lipinski definition) is 4. The third-order valence-electron chi connectivity index (χ3n) is 8.84. The first kappa shape index (κ1) is 23.9. The molecule has 4 heteroatoms. The summed E-state index contributed by atoms with van der Waals surface area (Å²) in [6, 6.07) is 49.5. The Morgan fingerprint density at radius 3 is 1.70 bits per heavy atom. The molecule has 3 heterocycles. The van der Waals surface area contributed by atoms with E-state index in [9.17, 15) is 0 Å². The van der Waals surface area contributed by atoms with Gasteiger partial charge in [-0.05, 0) is 71.4 Å². The van der Waals surface area contributed by atoms with Crippen LogP contribution in [0.4, 0.5) is 17.1 Å². The molecule has 10 rings (SSSR count). The smallest absolute Gasteiger partial charge is 0.135 e. The number of benzene rings is 7. The lowest BCUT2D eigenvalue weighted by atomic mass is 10.0. The Balaban J connectivity index is 1.30. The number of thiophene rings is 1. The summed E-state index contributed by atoms with van der Waals surface area (Å²) in [6.45, 7) is 0. The van der Waals surface area contributed by atoms with Gasteiger partial charge in [0.25, 0.3) is 0 Å². The molecule has 3 nitrogen and oxygen atoms in total. The van der Waals surface area contributed by atoms with Crippen molar-refractivity contribution in [3.05, 3.63) is 140 Å². The highest BCUT2D eigenvalue weighted by atomic mass is 32.1. The number of furan rings is 2. The Kier molecular flexibility index (Phi) is 4.87. The van der Waals surface area contributed by atoms with Crippen LogP contribution in [0.25, 0.3) is 74.8 Å². The summed E-state index contributed by atoms with van der Waals surface area (Å²) in [7, 11) is 0. The second kappa shape index (κ2) is 8.96. The Labute approximate surface area is 255 Å². The van der Waals surface area contributed by atoms with Crippen molar-refractivity contribution >= 4 is 103 Å². The van der Waals surface area contributed by atoms with Crippen LogP contribution >= 0.6 is 11.3 Å². The summed E-state index contributed by atoms with van der Waals surface area (Å²) in [5, 5.41) is 9.53. The van der Waals surface area contributed by atoms with E-state index in [0.717, 1.165) is 60.9 Å². The highest BCUT2D eigenvalue weighted by Crippen LogP contribution is 2.48. The topological polar surface area (TPSA) is 29.5 Å². The van der Waals surface area contributed by atoms with Gasteiger partial charge in [0.1, 0.15) is 22.3 Å². The maximum absolute atomic E-state index is 6.22. The Hall–Kier alpha value is -5.58. The number of nitrogens with zero attached hydrogens (tertiary/aromatic N) is 1. The highest BCUT2D eigenvalue weighted by Gasteiger charge is 2.21. The van der Waals surface area contributed by atoms with Gasteiger partial charge in [-0.15, -0.1) is 11.3 Å². The van der Waals surface area contributed by atoms with Crippen LogP contribution in [0, 0.1) is 0 Å². The molecule has 0 radical (unpaired) electrons. The number of rotatable bonds is 3. The lowest BCUT2D eigenvalue weighted by Gasteiger charge is -2.26. The predicted octanol–water partition coefficient (Wildman–Crippen LogP) is 12.5. The van der Waals surface area contributed by atoms with Gasteiger partial charge in [0.15, 0.2) is 0 Å². The van der Waals surface area contributed by atoms with E-state index in [1.54, 1.807) is 0 Å². The van der Waals surface area contributed by atoms with Crippen LogP contribution in [-0.4, -0.2) is 0 Å². The minimum atomic E-state index is 0.886. The summed E-state index contributed by atoms with van der Waals surface area (Å²) >= 11 is 1.87. The molecular weight excluding hydrogens is 559 g/mol. The molecule has 0 saturated carbocycles. The van der Waals surface area contributed by atoms with Crippen LogP contribution in [0.2, 0.25) is 0 Å². The van der Waals surface area contributed by atoms with Gasteiger partial charge >= 0.3 is 0 Å². The number of hydrogen-bond donors (Lipinski definition) is 0. The molecule has 0 fully saturated rings. The molecular formula is C40H23NO2S. The van der Waals surface area contributed by atoms with E-state index in [1.807, 2.05) is 35.6 Å². The van der Waals surface area contributed by atoms with E-state index >= 15 is 0 Å². The first-order valence-electron chi connectivity index (χ1n) is 14.8. The molecule has 0 N–H and O–H groups in total. The zero-order valence-corrected chi connectivity index (χ0v) is 24.3. The Morgan fingerprint density at radius 1 is 0.432 bits per heavy atom. The Bertz CT molecular complexity index is 2630. The molecule has 0 aliphatic rings. The van der Waals surface area contributed by atoms with Gasteiger partial charge in [0.2, 0.25) is 0 Å². The van der Waals surface area contributed by atoms with Crippen LogP contribution < -0.4 is 4.90 Å². The fraction of sp³-hybridized carbons (Fsp3) is 0. The van der Waals surface area contributed by atoms with Crippen LogP contribution in [0.5, 0.6) is 0 Å². The zero-order chi connectivity index (χ0) is 28.8. The molecule has 0 unspecified atom stereocenters. The average molecular weight is 582 g/mol. The molecule has 3 aromatic heterocycles. The molecule has 206 valence electrons. The maximum Gasteiger partial charge on any atom is 0.135 e. The standard InChI is InChI=1S/C40H23NO2S/c1-2-9-27-24(8-1)16-19-30-39-33(12-7-15-38(39)44-40(27)30)41(25-17-20-36-31(22-25)28-10-3-5-13-34(28)42-36)26-18-21-37-32(23-26)29-11-4-6-14-35(29)43-37/h1-23H. The quantitative estimate of drug-likeness (QED) is 0.208. The van der Waals surface area contributed by atoms with E-state index in [2.05, 4.69) is 120 Å². The molecule has 0 spiro atoms. The van der Waals surface area contributed by atoms with Gasteiger partial charge in [0, 0.05) is 53.1 Å². The molecule has 0 saturated heterocycles. The van der Waals surface area contributed by atoms with Crippen LogP contribution in [0.15, 0.2) is 148 Å². The van der Waals surface area contributed by atoms with Gasteiger partial charge in [-0.3, -0.25) is 0 Å². The second-order valence-corrected chi connectivity index (χ2v) is 12.4. The summed E-state index contributed by atoms with van der Waals surface area (Å²) in [5.74, 6) is 0. The summed E-state index contributed by atoms with van der Waals surface area (Å²) in [5.41, 5.74) is 6.86. The highest BCUT2D eigenvalue weighted by molar-refractivity contribution is 7.26. The van der Waals surface area contributed by atoms with Crippen LogP contribution in [0.1, 0.15) is 0 Å².